The number of Topliss-reactive ketones (excluding diaryl/α,β-unsaturated/α-hetero) is 1. The third kappa shape index (κ3) is 3.53. The highest BCUT2D eigenvalue weighted by Crippen LogP contribution is 2.30. The summed E-state index contributed by atoms with van der Waals surface area (Å²) in [4.78, 5) is 20.7. The highest BCUT2D eigenvalue weighted by Gasteiger charge is 2.31. The molecule has 0 aliphatic carbocycles. The fraction of sp³-hybridized carbons (Fsp3) is 0.308. The normalized spacial score (nSPS) is 17.8. The fourth-order valence-corrected chi connectivity index (χ4v) is 3.15. The van der Waals surface area contributed by atoms with Crippen molar-refractivity contribution in [2.75, 3.05) is 6.54 Å². The third-order valence-electron chi connectivity index (χ3n) is 2.98. The molecule has 1 aliphatic heterocycles. The summed E-state index contributed by atoms with van der Waals surface area (Å²) >= 11 is 0. The lowest BCUT2D eigenvalue weighted by molar-refractivity contribution is -0.114. The van der Waals surface area contributed by atoms with Crippen molar-refractivity contribution in [2.24, 2.45) is 27.2 Å². The minimum Gasteiger partial charge on any atom is -0.370 e. The summed E-state index contributed by atoms with van der Waals surface area (Å²) in [5.74, 6) is -0.388. The Balaban J connectivity index is 1.98. The molecule has 0 saturated carbocycles. The number of hydrogen-bond donors (Lipinski definition) is 3. The Morgan fingerprint density at radius 3 is 2.71 bits per heavy atom. The monoisotopic (exact) mass is 307 g/mol. The van der Waals surface area contributed by atoms with Crippen LogP contribution >= 0.6 is 0 Å². The second-order valence-electron chi connectivity index (χ2n) is 4.57. The zero-order valence-corrected chi connectivity index (χ0v) is 12.2. The molecule has 7 nitrogen and oxygen atoms in total. The van der Waals surface area contributed by atoms with Gasteiger partial charge in [0.1, 0.15) is 10.8 Å². The Kier molecular flexibility index (Phi) is 4.81. The van der Waals surface area contributed by atoms with Gasteiger partial charge in [0.05, 0.1) is 16.6 Å². The summed E-state index contributed by atoms with van der Waals surface area (Å²) in [6.45, 7) is 0.402. The lowest BCUT2D eigenvalue weighted by atomic mass is 10.1. The summed E-state index contributed by atoms with van der Waals surface area (Å²) in [5, 5.41) is 0.0190. The van der Waals surface area contributed by atoms with Gasteiger partial charge in [0.2, 0.25) is 5.78 Å². The van der Waals surface area contributed by atoms with Gasteiger partial charge in [0.15, 0.2) is 11.0 Å². The molecule has 0 aromatic heterocycles. The van der Waals surface area contributed by atoms with Gasteiger partial charge in [-0.2, -0.15) is 0 Å². The van der Waals surface area contributed by atoms with E-state index in [2.05, 4.69) is 9.98 Å². The maximum atomic E-state index is 12.2. The number of fused-ring (bicyclic) bond motifs is 1. The second-order valence-corrected chi connectivity index (χ2v) is 5.94. The number of nitrogens with zero attached hydrogens (tertiary/aromatic N) is 2. The number of aliphatic imine (C=N–C) groups is 2. The van der Waals surface area contributed by atoms with E-state index in [-0.39, 0.29) is 11.0 Å². The number of para-hydroxylation sites is 1. The molecule has 1 aromatic rings. The molecule has 2 atom stereocenters. The highest BCUT2D eigenvalue weighted by molar-refractivity contribution is 8.03. The first-order chi connectivity index (χ1) is 10.0. The van der Waals surface area contributed by atoms with Crippen LogP contribution in [0.15, 0.2) is 39.1 Å². The molecule has 0 amide bonds. The van der Waals surface area contributed by atoms with E-state index in [1.54, 1.807) is 24.3 Å². The van der Waals surface area contributed by atoms with Crippen molar-refractivity contribution < 1.29 is 9.00 Å². The first kappa shape index (κ1) is 15.3. The van der Waals surface area contributed by atoms with Crippen molar-refractivity contribution in [1.29, 1.82) is 0 Å². The molecular formula is C13H17N5O2S. The fourth-order valence-electron chi connectivity index (χ4n) is 1.92. The number of carbonyl (C=O) groups is 1. The van der Waals surface area contributed by atoms with Crippen LogP contribution in [0.1, 0.15) is 12.8 Å². The molecule has 0 fully saturated rings. The van der Waals surface area contributed by atoms with Crippen molar-refractivity contribution in [3.05, 3.63) is 24.3 Å². The third-order valence-corrected chi connectivity index (χ3v) is 4.37. The maximum Gasteiger partial charge on any atom is 0.207 e. The number of rotatable bonds is 6. The number of ketones is 1. The molecule has 0 bridgehead atoms. The molecule has 112 valence electrons. The van der Waals surface area contributed by atoms with Crippen molar-refractivity contribution in [3.63, 3.8) is 0 Å². The van der Waals surface area contributed by atoms with E-state index in [9.17, 15) is 9.00 Å². The summed E-state index contributed by atoms with van der Waals surface area (Å²) < 4.78 is 12.2. The van der Waals surface area contributed by atoms with Gasteiger partial charge in [-0.1, -0.05) is 12.1 Å². The summed E-state index contributed by atoms with van der Waals surface area (Å²) in [6, 6.07) is 6.20. The molecule has 0 saturated heterocycles. The first-order valence-corrected chi connectivity index (χ1v) is 7.60. The zero-order valence-electron chi connectivity index (χ0n) is 11.4. The number of benzene rings is 1. The Labute approximate surface area is 124 Å². The Morgan fingerprint density at radius 2 is 2.05 bits per heavy atom. The minimum absolute atomic E-state index is 0.00613. The van der Waals surface area contributed by atoms with Crippen molar-refractivity contribution in [3.8, 4) is 0 Å². The van der Waals surface area contributed by atoms with Gasteiger partial charge in [-0.15, -0.1) is 0 Å². The van der Waals surface area contributed by atoms with E-state index in [4.69, 9.17) is 17.2 Å². The van der Waals surface area contributed by atoms with Gasteiger partial charge in [0, 0.05) is 6.54 Å². The number of guanidine groups is 1. The van der Waals surface area contributed by atoms with Crippen molar-refractivity contribution >= 4 is 33.3 Å². The van der Waals surface area contributed by atoms with Crippen LogP contribution < -0.4 is 17.2 Å². The highest BCUT2D eigenvalue weighted by atomic mass is 32.2. The van der Waals surface area contributed by atoms with Gasteiger partial charge >= 0.3 is 0 Å². The summed E-state index contributed by atoms with van der Waals surface area (Å²) in [6.07, 6.45) is 0.972. The molecule has 2 rings (SSSR count). The Morgan fingerprint density at radius 1 is 1.33 bits per heavy atom. The van der Waals surface area contributed by atoms with Crippen LogP contribution in [0.3, 0.4) is 0 Å². The molecule has 0 spiro atoms. The van der Waals surface area contributed by atoms with E-state index in [0.717, 1.165) is 0 Å². The molecule has 1 heterocycles. The predicted octanol–water partition coefficient (Wildman–Crippen LogP) is -0.212. The molecule has 0 radical (unpaired) electrons. The molecule has 1 aliphatic rings. The minimum atomic E-state index is -1.55. The topological polar surface area (TPSA) is 137 Å². The van der Waals surface area contributed by atoms with Crippen LogP contribution in [0, 0.1) is 0 Å². The average Bonchev–Trinajstić information content (AvgIpc) is 2.80. The average molecular weight is 307 g/mol. The van der Waals surface area contributed by atoms with Crippen LogP contribution in [0.5, 0.6) is 0 Å². The van der Waals surface area contributed by atoms with Gasteiger partial charge < -0.3 is 17.2 Å². The van der Waals surface area contributed by atoms with Gasteiger partial charge in [-0.25, -0.2) is 9.20 Å². The van der Waals surface area contributed by atoms with E-state index in [1.807, 2.05) is 0 Å². The summed E-state index contributed by atoms with van der Waals surface area (Å²) in [5.41, 5.74) is 16.8. The molecule has 1 aromatic carbocycles. The zero-order chi connectivity index (χ0) is 15.4. The van der Waals surface area contributed by atoms with Gasteiger partial charge in [0.25, 0.3) is 0 Å². The second kappa shape index (κ2) is 6.59. The quantitative estimate of drug-likeness (QED) is 0.379. The maximum absolute atomic E-state index is 12.2. The van der Waals surface area contributed by atoms with Crippen LogP contribution in [0.4, 0.5) is 5.69 Å². The molecular weight excluding hydrogens is 290 g/mol. The van der Waals surface area contributed by atoms with E-state index < -0.39 is 22.6 Å². The van der Waals surface area contributed by atoms with E-state index in [1.165, 1.54) is 0 Å². The smallest absolute Gasteiger partial charge is 0.207 e. The van der Waals surface area contributed by atoms with Crippen LogP contribution in [0.25, 0.3) is 0 Å². The Bertz CT molecular complexity index is 637. The van der Waals surface area contributed by atoms with Crippen LogP contribution in [0.2, 0.25) is 0 Å². The lowest BCUT2D eigenvalue weighted by Crippen LogP contribution is -2.37. The largest absolute Gasteiger partial charge is 0.370 e. The SMILES string of the molecule is NC(N)=NCCC[C@H](N)C(=O)C1=Nc2ccccc2S1=O. The number of nitrogens with two attached hydrogens (primary N) is 3. The van der Waals surface area contributed by atoms with Gasteiger partial charge in [-0.3, -0.25) is 9.79 Å². The van der Waals surface area contributed by atoms with E-state index >= 15 is 0 Å². The predicted molar refractivity (Wildman–Crippen MR) is 82.8 cm³/mol. The number of carbonyl (C=O) groups excluding carboxylic acids is 1. The molecule has 6 N–H and O–H groups in total. The Hall–Kier alpha value is -2.06. The lowest BCUT2D eigenvalue weighted by Gasteiger charge is -2.08. The summed E-state index contributed by atoms with van der Waals surface area (Å²) in [7, 11) is -1.55. The van der Waals surface area contributed by atoms with Crippen LogP contribution in [-0.2, 0) is 15.6 Å². The standard InChI is InChI=1S/C13H17N5O2S/c14-8(4-3-7-17-13(15)16)11(19)12-18-9-5-1-2-6-10(9)21(12)20/h1-2,5-6,8H,3-4,7,14H2,(H4,15,16,17)/t8-,21?/m0/s1. The van der Waals surface area contributed by atoms with Crippen LogP contribution in [-0.4, -0.2) is 33.6 Å². The van der Waals surface area contributed by atoms with Crippen molar-refractivity contribution in [2.45, 2.75) is 23.8 Å². The molecule has 8 heteroatoms. The first-order valence-electron chi connectivity index (χ1n) is 6.45. The van der Waals surface area contributed by atoms with E-state index in [0.29, 0.717) is 30.0 Å². The van der Waals surface area contributed by atoms with Gasteiger partial charge in [-0.05, 0) is 25.0 Å². The van der Waals surface area contributed by atoms with Crippen molar-refractivity contribution in [1.82, 2.24) is 0 Å². The number of hydrogen-bond acceptors (Lipinski definition) is 5. The molecule has 1 unspecified atom stereocenters. The molecule has 21 heavy (non-hydrogen) atoms.